The number of piperidine rings is 1. The number of likely N-dealkylation sites (tertiary alicyclic amines) is 1. The summed E-state index contributed by atoms with van der Waals surface area (Å²) in [5.74, 6) is 1.24. The van der Waals surface area contributed by atoms with Crippen LogP contribution in [0.25, 0.3) is 0 Å². The molecule has 2 aliphatic heterocycles. The predicted molar refractivity (Wildman–Crippen MR) is 132 cm³/mol. The van der Waals surface area contributed by atoms with Gasteiger partial charge in [0.15, 0.2) is 11.5 Å². The van der Waals surface area contributed by atoms with Crippen molar-refractivity contribution in [2.24, 2.45) is 9.98 Å². The van der Waals surface area contributed by atoms with Crippen LogP contribution in [0.15, 0.2) is 52.7 Å². The number of nitrogens with one attached hydrogen (secondary N) is 1. The molecule has 4 rings (SSSR count). The number of pyridine rings is 1. The summed E-state index contributed by atoms with van der Waals surface area (Å²) in [6, 6.07) is 9.02. The van der Waals surface area contributed by atoms with Crippen molar-refractivity contribution in [3.8, 4) is 11.5 Å². The van der Waals surface area contributed by atoms with Crippen molar-refractivity contribution >= 4 is 23.9 Å². The summed E-state index contributed by atoms with van der Waals surface area (Å²) in [6.45, 7) is 5.27. The highest BCUT2D eigenvalue weighted by atomic mass is 16.5. The third kappa shape index (κ3) is 6.32. The Labute approximate surface area is 200 Å². The number of ether oxygens (including phenoxy) is 2. The van der Waals surface area contributed by atoms with Gasteiger partial charge >= 0.3 is 0 Å². The van der Waals surface area contributed by atoms with Crippen LogP contribution < -0.4 is 14.8 Å². The minimum atomic E-state index is -0.295. The molecule has 2 aliphatic rings. The smallest absolute Gasteiger partial charge is 0.259 e. The number of guanidine groups is 1. The van der Waals surface area contributed by atoms with Crippen molar-refractivity contribution in [1.82, 2.24) is 20.1 Å². The van der Waals surface area contributed by atoms with Gasteiger partial charge in [-0.05, 0) is 56.6 Å². The quantitative estimate of drug-likeness (QED) is 0.367. The molecular formula is C25H32N6O3. The number of rotatable bonds is 8. The molecular weight excluding hydrogens is 432 g/mol. The molecule has 0 radical (unpaired) electrons. The van der Waals surface area contributed by atoms with E-state index in [1.807, 2.05) is 18.2 Å². The molecule has 0 saturated carbocycles. The zero-order valence-corrected chi connectivity index (χ0v) is 19.7. The Morgan fingerprint density at radius 3 is 2.76 bits per heavy atom. The second kappa shape index (κ2) is 12.1. The number of aromatic nitrogens is 1. The van der Waals surface area contributed by atoms with Crippen LogP contribution in [0.4, 0.5) is 5.69 Å². The maximum absolute atomic E-state index is 12.8. The lowest BCUT2D eigenvalue weighted by atomic mass is 10.1. The zero-order chi connectivity index (χ0) is 23.6. The van der Waals surface area contributed by atoms with E-state index in [-0.39, 0.29) is 5.91 Å². The van der Waals surface area contributed by atoms with Gasteiger partial charge in [0.05, 0.1) is 32.2 Å². The fourth-order valence-corrected chi connectivity index (χ4v) is 4.05. The first-order chi connectivity index (χ1) is 16.7. The molecule has 0 bridgehead atoms. The molecule has 1 saturated heterocycles. The lowest BCUT2D eigenvalue weighted by molar-refractivity contribution is 0.0974. The van der Waals surface area contributed by atoms with Crippen molar-refractivity contribution in [3.63, 3.8) is 0 Å². The first-order valence-corrected chi connectivity index (χ1v) is 11.8. The molecule has 1 aromatic carbocycles. The van der Waals surface area contributed by atoms with Crippen LogP contribution in [0, 0.1) is 0 Å². The molecule has 34 heavy (non-hydrogen) atoms. The SMILES string of the molecule is COc1c(N=C(NC(=O)c2cccnc2)N2C=NCC2)cccc1OCCCN1CCCCC1. The molecule has 0 atom stereocenters. The van der Waals surface area contributed by atoms with E-state index in [4.69, 9.17) is 14.5 Å². The van der Waals surface area contributed by atoms with Gasteiger partial charge in [-0.25, -0.2) is 4.99 Å². The standard InChI is InChI=1S/C25H32N6O3/c1-33-23-21(9-5-10-22(23)34-17-7-15-30-13-3-2-4-14-30)28-25(31-16-12-27-19-31)29-24(32)20-8-6-11-26-18-20/h5-6,8-11,18-19H,2-4,7,12-17H2,1H3,(H,28,29,32). The van der Waals surface area contributed by atoms with Crippen LogP contribution in [0.5, 0.6) is 11.5 Å². The van der Waals surface area contributed by atoms with Crippen molar-refractivity contribution in [2.75, 3.05) is 46.4 Å². The second-order valence-electron chi connectivity index (χ2n) is 8.26. The van der Waals surface area contributed by atoms with Crippen molar-refractivity contribution in [1.29, 1.82) is 0 Å². The summed E-state index contributed by atoms with van der Waals surface area (Å²) in [4.78, 5) is 30.1. The van der Waals surface area contributed by atoms with E-state index in [1.165, 1.54) is 38.5 Å². The Balaban J connectivity index is 1.47. The largest absolute Gasteiger partial charge is 0.491 e. The number of para-hydroxylation sites is 1. The van der Waals surface area contributed by atoms with Gasteiger partial charge in [0.2, 0.25) is 5.96 Å². The van der Waals surface area contributed by atoms with Gasteiger partial charge < -0.3 is 19.3 Å². The van der Waals surface area contributed by atoms with Crippen LogP contribution in [0.2, 0.25) is 0 Å². The minimum absolute atomic E-state index is 0.295. The third-order valence-corrected chi connectivity index (χ3v) is 5.83. The summed E-state index contributed by atoms with van der Waals surface area (Å²) >= 11 is 0. The highest BCUT2D eigenvalue weighted by molar-refractivity contribution is 6.08. The molecule has 1 aromatic heterocycles. The summed E-state index contributed by atoms with van der Waals surface area (Å²) < 4.78 is 11.7. The van der Waals surface area contributed by atoms with E-state index in [0.717, 1.165) is 13.0 Å². The second-order valence-corrected chi connectivity index (χ2v) is 8.26. The number of aliphatic imine (C=N–C) groups is 2. The van der Waals surface area contributed by atoms with E-state index in [9.17, 15) is 4.79 Å². The molecule has 0 aliphatic carbocycles. The zero-order valence-electron chi connectivity index (χ0n) is 19.7. The summed E-state index contributed by atoms with van der Waals surface area (Å²) in [5, 5.41) is 2.89. The molecule has 2 aromatic rings. The van der Waals surface area contributed by atoms with Crippen molar-refractivity contribution < 1.29 is 14.3 Å². The normalized spacial score (nSPS) is 16.5. The Morgan fingerprint density at radius 2 is 2.03 bits per heavy atom. The van der Waals surface area contributed by atoms with E-state index in [2.05, 4.69) is 20.2 Å². The lowest BCUT2D eigenvalue weighted by Crippen LogP contribution is -2.42. The van der Waals surface area contributed by atoms with Gasteiger partial charge in [-0.2, -0.15) is 0 Å². The van der Waals surface area contributed by atoms with Gasteiger partial charge in [0.1, 0.15) is 5.69 Å². The first-order valence-electron chi connectivity index (χ1n) is 11.8. The molecule has 0 unspecified atom stereocenters. The molecule has 1 fully saturated rings. The maximum atomic E-state index is 12.8. The fraction of sp³-hybridized carbons (Fsp3) is 0.440. The number of carbonyl (C=O) groups excluding carboxylic acids is 1. The van der Waals surface area contributed by atoms with Gasteiger partial charge in [-0.3, -0.25) is 20.1 Å². The van der Waals surface area contributed by atoms with Gasteiger partial charge in [0, 0.05) is 25.5 Å². The molecule has 1 amide bonds. The Kier molecular flexibility index (Phi) is 8.45. The first kappa shape index (κ1) is 23.7. The summed E-state index contributed by atoms with van der Waals surface area (Å²) in [5.41, 5.74) is 1.02. The molecule has 1 N–H and O–H groups in total. The highest BCUT2D eigenvalue weighted by Crippen LogP contribution is 2.37. The number of methoxy groups -OCH3 is 1. The Bertz CT molecular complexity index is 1000. The van der Waals surface area contributed by atoms with Crippen molar-refractivity contribution in [3.05, 3.63) is 48.3 Å². The number of amides is 1. The predicted octanol–water partition coefficient (Wildman–Crippen LogP) is 3.11. The van der Waals surface area contributed by atoms with E-state index in [0.29, 0.717) is 48.4 Å². The molecule has 180 valence electrons. The van der Waals surface area contributed by atoms with Crippen molar-refractivity contribution in [2.45, 2.75) is 25.7 Å². The highest BCUT2D eigenvalue weighted by Gasteiger charge is 2.19. The van der Waals surface area contributed by atoms with Crippen LogP contribution in [0.3, 0.4) is 0 Å². The minimum Gasteiger partial charge on any atom is -0.491 e. The van der Waals surface area contributed by atoms with Gasteiger partial charge in [0.25, 0.3) is 5.91 Å². The van der Waals surface area contributed by atoms with Gasteiger partial charge in [-0.15, -0.1) is 0 Å². The number of carbonyl (C=O) groups is 1. The molecule has 3 heterocycles. The average Bonchev–Trinajstić information content (AvgIpc) is 3.42. The number of benzene rings is 1. The summed E-state index contributed by atoms with van der Waals surface area (Å²) in [6.07, 6.45) is 9.69. The molecule has 9 nitrogen and oxygen atoms in total. The van der Waals surface area contributed by atoms with Crippen LogP contribution in [-0.2, 0) is 0 Å². The van der Waals surface area contributed by atoms with E-state index >= 15 is 0 Å². The molecule has 9 heteroatoms. The number of nitrogens with zero attached hydrogens (tertiary/aromatic N) is 5. The summed E-state index contributed by atoms with van der Waals surface area (Å²) in [7, 11) is 1.60. The van der Waals surface area contributed by atoms with Crippen LogP contribution in [-0.4, -0.2) is 79.4 Å². The van der Waals surface area contributed by atoms with Crippen LogP contribution >= 0.6 is 0 Å². The monoisotopic (exact) mass is 464 g/mol. The number of hydrogen-bond acceptors (Lipinski definition) is 7. The maximum Gasteiger partial charge on any atom is 0.259 e. The average molecular weight is 465 g/mol. The third-order valence-electron chi connectivity index (χ3n) is 5.83. The van der Waals surface area contributed by atoms with Crippen LogP contribution in [0.1, 0.15) is 36.0 Å². The molecule has 0 spiro atoms. The Morgan fingerprint density at radius 1 is 1.15 bits per heavy atom. The fourth-order valence-electron chi connectivity index (χ4n) is 4.05. The van der Waals surface area contributed by atoms with E-state index < -0.39 is 0 Å². The lowest BCUT2D eigenvalue weighted by Gasteiger charge is -2.26. The number of hydrogen-bond donors (Lipinski definition) is 1. The Hall–Kier alpha value is -3.46. The van der Waals surface area contributed by atoms with Gasteiger partial charge in [-0.1, -0.05) is 12.5 Å². The topological polar surface area (TPSA) is 91.6 Å². The van der Waals surface area contributed by atoms with E-state index in [1.54, 1.807) is 36.7 Å².